The van der Waals surface area contributed by atoms with E-state index in [2.05, 4.69) is 5.32 Å². The third kappa shape index (κ3) is 6.98. The Kier molecular flexibility index (Phi) is 7.72. The number of carboxylic acid groups (broad SMARTS) is 2. The second-order valence-electron chi connectivity index (χ2n) is 6.01. The summed E-state index contributed by atoms with van der Waals surface area (Å²) in [5, 5.41) is 20.5. The molecule has 0 aromatic heterocycles. The standard InChI is InChI=1S/C20H20N2O7/c23-17(24)11-16(21-20(28)29-13-14-7-3-1-4-8-14)19(27)22(12-18(25)26)15-9-5-2-6-10-15/h1-10,16H,11-13H2,(H,21,28)(H,23,24)(H,25,26)/t16-/m0/s1. The van der Waals surface area contributed by atoms with Crippen molar-refractivity contribution in [2.75, 3.05) is 11.4 Å². The van der Waals surface area contributed by atoms with Crippen molar-refractivity contribution in [1.82, 2.24) is 5.32 Å². The highest BCUT2D eigenvalue weighted by atomic mass is 16.5. The molecule has 0 aliphatic rings. The van der Waals surface area contributed by atoms with Gasteiger partial charge in [-0.15, -0.1) is 0 Å². The van der Waals surface area contributed by atoms with Crippen molar-refractivity contribution >= 4 is 29.6 Å². The lowest BCUT2D eigenvalue weighted by Gasteiger charge is -2.26. The monoisotopic (exact) mass is 400 g/mol. The minimum Gasteiger partial charge on any atom is -0.481 e. The van der Waals surface area contributed by atoms with E-state index in [1.165, 1.54) is 12.1 Å². The van der Waals surface area contributed by atoms with Crippen molar-refractivity contribution in [2.45, 2.75) is 19.1 Å². The molecule has 0 saturated heterocycles. The first-order valence-electron chi connectivity index (χ1n) is 8.64. The number of nitrogens with zero attached hydrogens (tertiary/aromatic N) is 1. The van der Waals surface area contributed by atoms with Crippen LogP contribution < -0.4 is 10.2 Å². The Labute approximate surface area is 166 Å². The molecule has 0 aliphatic heterocycles. The Balaban J connectivity index is 2.13. The van der Waals surface area contributed by atoms with Crippen molar-refractivity contribution in [3.63, 3.8) is 0 Å². The fourth-order valence-corrected chi connectivity index (χ4v) is 2.51. The second-order valence-corrected chi connectivity index (χ2v) is 6.01. The van der Waals surface area contributed by atoms with Gasteiger partial charge >= 0.3 is 18.0 Å². The third-order valence-corrected chi connectivity index (χ3v) is 3.81. The van der Waals surface area contributed by atoms with Crippen molar-refractivity contribution in [1.29, 1.82) is 0 Å². The van der Waals surface area contributed by atoms with Gasteiger partial charge in [-0.3, -0.25) is 19.3 Å². The van der Waals surface area contributed by atoms with Gasteiger partial charge in [0.1, 0.15) is 19.2 Å². The Morgan fingerprint density at radius 3 is 2.03 bits per heavy atom. The lowest BCUT2D eigenvalue weighted by atomic mass is 10.1. The van der Waals surface area contributed by atoms with Crippen molar-refractivity contribution in [2.24, 2.45) is 0 Å². The maximum Gasteiger partial charge on any atom is 0.408 e. The van der Waals surface area contributed by atoms with E-state index in [-0.39, 0.29) is 12.3 Å². The minimum atomic E-state index is -1.50. The van der Waals surface area contributed by atoms with Crippen LogP contribution in [0.3, 0.4) is 0 Å². The summed E-state index contributed by atoms with van der Waals surface area (Å²) >= 11 is 0. The molecule has 2 aromatic rings. The lowest BCUT2D eigenvalue weighted by molar-refractivity contribution is -0.139. The molecule has 0 heterocycles. The van der Waals surface area contributed by atoms with E-state index in [4.69, 9.17) is 14.9 Å². The number of para-hydroxylation sites is 1. The predicted octanol–water partition coefficient (Wildman–Crippen LogP) is 1.87. The summed E-state index contributed by atoms with van der Waals surface area (Å²) in [6, 6.07) is 15.2. The van der Waals surface area contributed by atoms with Gasteiger partial charge in [0.25, 0.3) is 5.91 Å². The molecule has 0 spiro atoms. The number of carbonyl (C=O) groups is 4. The third-order valence-electron chi connectivity index (χ3n) is 3.81. The number of aliphatic carboxylic acids is 2. The first-order chi connectivity index (χ1) is 13.9. The topological polar surface area (TPSA) is 133 Å². The number of rotatable bonds is 9. The van der Waals surface area contributed by atoms with Crippen LogP contribution in [0.15, 0.2) is 60.7 Å². The summed E-state index contributed by atoms with van der Waals surface area (Å²) < 4.78 is 5.03. The van der Waals surface area contributed by atoms with Crippen LogP contribution in [-0.2, 0) is 25.7 Å². The summed E-state index contributed by atoms with van der Waals surface area (Å²) in [5.41, 5.74) is 0.968. The number of hydrogen-bond donors (Lipinski definition) is 3. The van der Waals surface area contributed by atoms with E-state index in [1.807, 2.05) is 0 Å². The molecule has 0 aliphatic carbocycles. The average Bonchev–Trinajstić information content (AvgIpc) is 2.70. The number of nitrogens with one attached hydrogen (secondary N) is 1. The highest BCUT2D eigenvalue weighted by Crippen LogP contribution is 2.15. The molecule has 9 heteroatoms. The van der Waals surface area contributed by atoms with Crippen LogP contribution in [0.1, 0.15) is 12.0 Å². The fourth-order valence-electron chi connectivity index (χ4n) is 2.51. The van der Waals surface area contributed by atoms with E-state index < -0.39 is 42.9 Å². The maximum atomic E-state index is 12.9. The summed E-state index contributed by atoms with van der Waals surface area (Å²) in [6.07, 6.45) is -1.72. The number of carboxylic acids is 2. The largest absolute Gasteiger partial charge is 0.481 e. The van der Waals surface area contributed by atoms with Crippen molar-refractivity contribution in [3.8, 4) is 0 Å². The first kappa shape index (κ1) is 21.4. The highest BCUT2D eigenvalue weighted by Gasteiger charge is 2.30. The smallest absolute Gasteiger partial charge is 0.408 e. The van der Waals surface area contributed by atoms with Crippen LogP contribution >= 0.6 is 0 Å². The molecule has 1 atom stereocenters. The van der Waals surface area contributed by atoms with Crippen LogP contribution in [-0.4, -0.2) is 46.7 Å². The SMILES string of the molecule is O=C(O)C[C@H](NC(=O)OCc1ccccc1)C(=O)N(CC(=O)O)c1ccccc1. The van der Waals surface area contributed by atoms with Gasteiger partial charge < -0.3 is 20.3 Å². The van der Waals surface area contributed by atoms with Gasteiger partial charge in [0.15, 0.2) is 0 Å². The van der Waals surface area contributed by atoms with Gasteiger partial charge in [-0.05, 0) is 17.7 Å². The molecule has 0 bridgehead atoms. The Morgan fingerprint density at radius 2 is 1.48 bits per heavy atom. The molecule has 2 aromatic carbocycles. The van der Waals surface area contributed by atoms with E-state index in [9.17, 15) is 19.2 Å². The number of carbonyl (C=O) groups excluding carboxylic acids is 2. The van der Waals surface area contributed by atoms with Crippen LogP contribution in [0.4, 0.5) is 10.5 Å². The van der Waals surface area contributed by atoms with Crippen molar-refractivity contribution < 1.29 is 34.1 Å². The zero-order valence-electron chi connectivity index (χ0n) is 15.4. The number of ether oxygens (including phenoxy) is 1. The lowest BCUT2D eigenvalue weighted by Crippen LogP contribution is -2.51. The molecule has 2 rings (SSSR count). The zero-order valence-corrected chi connectivity index (χ0v) is 15.4. The quantitative estimate of drug-likeness (QED) is 0.585. The second kappa shape index (κ2) is 10.5. The summed E-state index contributed by atoms with van der Waals surface area (Å²) in [6.45, 7) is -0.766. The van der Waals surface area contributed by atoms with Crippen LogP contribution in [0.5, 0.6) is 0 Å². The van der Waals surface area contributed by atoms with E-state index in [0.717, 1.165) is 4.90 Å². The van der Waals surface area contributed by atoms with Gasteiger partial charge in [-0.25, -0.2) is 4.79 Å². The first-order valence-corrected chi connectivity index (χ1v) is 8.64. The number of alkyl carbamates (subject to hydrolysis) is 1. The van der Waals surface area contributed by atoms with E-state index in [0.29, 0.717) is 5.56 Å². The Hall–Kier alpha value is -3.88. The Morgan fingerprint density at radius 1 is 0.897 bits per heavy atom. The van der Waals surface area contributed by atoms with Gasteiger partial charge in [0.05, 0.1) is 6.42 Å². The van der Waals surface area contributed by atoms with E-state index in [1.54, 1.807) is 48.5 Å². The zero-order chi connectivity index (χ0) is 21.2. The maximum absolute atomic E-state index is 12.9. The molecular weight excluding hydrogens is 380 g/mol. The van der Waals surface area contributed by atoms with Gasteiger partial charge in [0, 0.05) is 5.69 Å². The van der Waals surface area contributed by atoms with Crippen LogP contribution in [0, 0.1) is 0 Å². The molecule has 0 radical (unpaired) electrons. The normalized spacial score (nSPS) is 11.2. The average molecular weight is 400 g/mol. The molecule has 0 saturated carbocycles. The molecule has 29 heavy (non-hydrogen) atoms. The molecule has 9 nitrogen and oxygen atoms in total. The number of hydrogen-bond acceptors (Lipinski definition) is 5. The molecule has 0 fully saturated rings. The minimum absolute atomic E-state index is 0.0712. The molecule has 2 amide bonds. The summed E-state index contributed by atoms with van der Waals surface area (Å²) in [7, 11) is 0. The van der Waals surface area contributed by atoms with Crippen LogP contribution in [0.25, 0.3) is 0 Å². The summed E-state index contributed by atoms with van der Waals surface area (Å²) in [4.78, 5) is 48.2. The summed E-state index contributed by atoms with van der Waals surface area (Å²) in [5.74, 6) is -3.50. The fraction of sp³-hybridized carbons (Fsp3) is 0.200. The highest BCUT2D eigenvalue weighted by molar-refractivity contribution is 6.03. The predicted molar refractivity (Wildman–Crippen MR) is 102 cm³/mol. The van der Waals surface area contributed by atoms with Crippen LogP contribution in [0.2, 0.25) is 0 Å². The molecule has 3 N–H and O–H groups in total. The van der Waals surface area contributed by atoms with Gasteiger partial charge in [-0.2, -0.15) is 0 Å². The van der Waals surface area contributed by atoms with E-state index >= 15 is 0 Å². The number of anilines is 1. The molecular formula is C20H20N2O7. The number of benzene rings is 2. The van der Waals surface area contributed by atoms with Gasteiger partial charge in [-0.1, -0.05) is 48.5 Å². The molecule has 0 unspecified atom stereocenters. The Bertz CT molecular complexity index is 856. The van der Waals surface area contributed by atoms with Crippen molar-refractivity contribution in [3.05, 3.63) is 66.2 Å². The molecule has 152 valence electrons. The number of amides is 2. The van der Waals surface area contributed by atoms with Gasteiger partial charge in [0.2, 0.25) is 0 Å².